The van der Waals surface area contributed by atoms with Crippen LogP contribution in [0.3, 0.4) is 0 Å². The number of ether oxygens (including phenoxy) is 2. The van der Waals surface area contributed by atoms with Gasteiger partial charge in [-0.1, -0.05) is 19.3 Å². The molecule has 41 heavy (non-hydrogen) atoms. The fourth-order valence-electron chi connectivity index (χ4n) is 6.09. The summed E-state index contributed by atoms with van der Waals surface area (Å²) in [6.45, 7) is 0.474. The molecule has 0 radical (unpaired) electrons. The van der Waals surface area contributed by atoms with E-state index in [1.165, 1.54) is 43.4 Å². The lowest BCUT2D eigenvalue weighted by atomic mass is 9.92. The van der Waals surface area contributed by atoms with E-state index in [4.69, 9.17) is 14.0 Å². The SMILES string of the molecule is CN(C)C1CCCCC1Oc1cc(C(=O)c2c(-c3ccc(OCNC4CCCC4)cc3)sc3cc(O)ccc23)on1. The van der Waals surface area contributed by atoms with Gasteiger partial charge in [0.1, 0.15) is 24.3 Å². The van der Waals surface area contributed by atoms with Gasteiger partial charge in [0, 0.05) is 27.0 Å². The molecule has 0 saturated heterocycles. The molecule has 2 aliphatic rings. The third-order valence-electron chi connectivity index (χ3n) is 8.30. The number of carbonyl (C=O) groups excluding carboxylic acids is 1. The van der Waals surface area contributed by atoms with Crippen LogP contribution in [0.1, 0.15) is 67.5 Å². The van der Waals surface area contributed by atoms with E-state index in [0.717, 1.165) is 45.5 Å². The molecule has 2 aliphatic carbocycles. The summed E-state index contributed by atoms with van der Waals surface area (Å²) < 4.78 is 18.5. The molecule has 0 aliphatic heterocycles. The molecular formula is C32H37N3O5S. The Morgan fingerprint density at radius 2 is 1.80 bits per heavy atom. The van der Waals surface area contributed by atoms with Crippen LogP contribution in [0, 0.1) is 0 Å². The first-order valence-corrected chi connectivity index (χ1v) is 15.3. The third kappa shape index (κ3) is 6.12. The second-order valence-electron chi connectivity index (χ2n) is 11.3. The summed E-state index contributed by atoms with van der Waals surface area (Å²) in [4.78, 5) is 16.9. The van der Waals surface area contributed by atoms with Gasteiger partial charge in [-0.25, -0.2) is 0 Å². The molecule has 2 atom stereocenters. The van der Waals surface area contributed by atoms with Gasteiger partial charge < -0.3 is 24.0 Å². The van der Waals surface area contributed by atoms with Crippen molar-refractivity contribution in [3.8, 4) is 27.8 Å². The smallest absolute Gasteiger partial charge is 0.255 e. The first-order chi connectivity index (χ1) is 20.0. The number of likely N-dealkylation sites (N-methyl/N-ethyl adjacent to an activating group) is 1. The van der Waals surface area contributed by atoms with Crippen LogP contribution < -0.4 is 14.8 Å². The average molecular weight is 576 g/mol. The summed E-state index contributed by atoms with van der Waals surface area (Å²) in [5.41, 5.74) is 1.41. The topological polar surface area (TPSA) is 97.1 Å². The van der Waals surface area contributed by atoms with Crippen molar-refractivity contribution in [1.29, 1.82) is 0 Å². The highest BCUT2D eigenvalue weighted by Gasteiger charge is 2.30. The molecule has 9 heteroatoms. The number of hydrogen-bond acceptors (Lipinski definition) is 9. The Kier molecular flexibility index (Phi) is 8.27. The fraction of sp³-hybridized carbons (Fsp3) is 0.438. The first kappa shape index (κ1) is 27.8. The lowest BCUT2D eigenvalue weighted by Crippen LogP contribution is -2.44. The Balaban J connectivity index is 1.24. The maximum Gasteiger partial charge on any atom is 0.255 e. The van der Waals surface area contributed by atoms with Crippen LogP contribution in [0.25, 0.3) is 20.5 Å². The molecule has 2 heterocycles. The van der Waals surface area contributed by atoms with Crippen molar-refractivity contribution in [1.82, 2.24) is 15.4 Å². The van der Waals surface area contributed by atoms with Crippen LogP contribution in [0.5, 0.6) is 17.4 Å². The number of rotatable bonds is 10. The van der Waals surface area contributed by atoms with Crippen LogP contribution >= 0.6 is 11.3 Å². The molecule has 2 aromatic heterocycles. The minimum Gasteiger partial charge on any atom is -0.508 e. The lowest BCUT2D eigenvalue weighted by Gasteiger charge is -2.35. The molecule has 0 amide bonds. The largest absolute Gasteiger partial charge is 0.508 e. The summed E-state index contributed by atoms with van der Waals surface area (Å²) in [6, 6.07) is 15.3. The second kappa shape index (κ2) is 12.2. The van der Waals surface area contributed by atoms with Crippen LogP contribution in [0.15, 0.2) is 53.1 Å². The molecule has 2 fully saturated rings. The zero-order valence-corrected chi connectivity index (χ0v) is 24.4. The first-order valence-electron chi connectivity index (χ1n) is 14.5. The number of aromatic nitrogens is 1. The molecule has 2 unspecified atom stereocenters. The molecule has 216 valence electrons. The van der Waals surface area contributed by atoms with Gasteiger partial charge in [0.05, 0.1) is 11.6 Å². The van der Waals surface area contributed by atoms with E-state index in [1.807, 2.05) is 24.3 Å². The minimum absolute atomic E-state index is 0.00131. The van der Waals surface area contributed by atoms with E-state index >= 15 is 0 Å². The zero-order chi connectivity index (χ0) is 28.3. The van der Waals surface area contributed by atoms with Gasteiger partial charge in [-0.15, -0.1) is 11.3 Å². The number of carbonyl (C=O) groups is 1. The molecule has 2 aromatic carbocycles. The number of nitrogens with zero attached hydrogens (tertiary/aromatic N) is 2. The Labute approximate surface area is 244 Å². The second-order valence-corrected chi connectivity index (χ2v) is 12.4. The van der Waals surface area contributed by atoms with Crippen molar-refractivity contribution < 1.29 is 23.9 Å². The van der Waals surface area contributed by atoms with Gasteiger partial charge in [-0.2, -0.15) is 0 Å². The van der Waals surface area contributed by atoms with Gasteiger partial charge in [0.2, 0.25) is 11.5 Å². The summed E-state index contributed by atoms with van der Waals surface area (Å²) in [5.74, 6) is 1.11. The number of nitrogens with one attached hydrogen (secondary N) is 1. The number of aromatic hydroxyl groups is 1. The normalized spacial score (nSPS) is 19.7. The van der Waals surface area contributed by atoms with Crippen molar-refractivity contribution in [2.45, 2.75) is 69.6 Å². The number of phenolic OH excluding ortho intramolecular Hbond substituents is 1. The Bertz CT molecular complexity index is 1490. The van der Waals surface area contributed by atoms with Crippen LogP contribution in [-0.4, -0.2) is 60.0 Å². The van der Waals surface area contributed by atoms with Gasteiger partial charge >= 0.3 is 0 Å². The van der Waals surface area contributed by atoms with E-state index in [2.05, 4.69) is 29.5 Å². The number of hydrogen-bond donors (Lipinski definition) is 2. The Morgan fingerprint density at radius 3 is 2.59 bits per heavy atom. The summed E-state index contributed by atoms with van der Waals surface area (Å²) in [6.07, 6.45) is 9.27. The van der Waals surface area contributed by atoms with Crippen molar-refractivity contribution in [3.63, 3.8) is 0 Å². The average Bonchev–Trinajstić information content (AvgIpc) is 3.74. The van der Waals surface area contributed by atoms with Crippen LogP contribution in [-0.2, 0) is 0 Å². The highest BCUT2D eigenvalue weighted by Crippen LogP contribution is 2.42. The van der Waals surface area contributed by atoms with Gasteiger partial charge in [-0.3, -0.25) is 10.1 Å². The maximum absolute atomic E-state index is 13.9. The molecule has 8 nitrogen and oxygen atoms in total. The molecule has 4 aromatic rings. The minimum atomic E-state index is -0.270. The van der Waals surface area contributed by atoms with Crippen LogP contribution in [0.2, 0.25) is 0 Å². The summed E-state index contributed by atoms with van der Waals surface area (Å²) >= 11 is 1.46. The Morgan fingerprint density at radius 1 is 1.05 bits per heavy atom. The predicted octanol–water partition coefficient (Wildman–Crippen LogP) is 6.61. The maximum atomic E-state index is 13.9. The molecule has 2 saturated carbocycles. The molecule has 6 rings (SSSR count). The number of thiophene rings is 1. The van der Waals surface area contributed by atoms with Gasteiger partial charge in [0.25, 0.3) is 5.88 Å². The van der Waals surface area contributed by atoms with Crippen molar-refractivity contribution in [3.05, 3.63) is 59.9 Å². The van der Waals surface area contributed by atoms with Gasteiger partial charge in [-0.05, 0) is 99.4 Å². The summed E-state index contributed by atoms with van der Waals surface area (Å²) in [7, 11) is 4.13. The monoisotopic (exact) mass is 575 g/mol. The number of ketones is 1. The number of benzene rings is 2. The van der Waals surface area contributed by atoms with Gasteiger partial charge in [0.15, 0.2) is 0 Å². The Hall–Kier alpha value is -3.40. The van der Waals surface area contributed by atoms with Crippen molar-refractivity contribution in [2.75, 3.05) is 20.8 Å². The summed E-state index contributed by atoms with van der Waals surface area (Å²) in [5, 5.41) is 18.4. The highest BCUT2D eigenvalue weighted by molar-refractivity contribution is 7.22. The molecule has 0 spiro atoms. The van der Waals surface area contributed by atoms with E-state index in [9.17, 15) is 9.90 Å². The van der Waals surface area contributed by atoms with E-state index in [1.54, 1.807) is 24.3 Å². The lowest BCUT2D eigenvalue weighted by molar-refractivity contribution is 0.0561. The quantitative estimate of drug-likeness (QED) is 0.161. The van der Waals surface area contributed by atoms with E-state index in [-0.39, 0.29) is 23.4 Å². The fourth-order valence-corrected chi connectivity index (χ4v) is 7.33. The number of phenols is 1. The molecule has 2 N–H and O–H groups in total. The highest BCUT2D eigenvalue weighted by atomic mass is 32.1. The standard InChI is InChI=1S/C32H37N3O5S/c1-35(2)25-9-5-6-10-26(25)39-29-18-27(40-34-29)31(37)30-24-16-13-22(36)17-28(24)41-32(30)20-11-14-23(15-12-20)38-19-33-21-7-3-4-8-21/h11-18,21,25-26,33,36H,3-10,19H2,1-2H3. The van der Waals surface area contributed by atoms with Crippen LogP contribution in [0.4, 0.5) is 0 Å². The van der Waals surface area contributed by atoms with Crippen molar-refractivity contribution >= 4 is 27.2 Å². The number of fused-ring (bicyclic) bond motifs is 1. The molecule has 0 bridgehead atoms. The zero-order valence-electron chi connectivity index (χ0n) is 23.6. The van der Waals surface area contributed by atoms with Crippen molar-refractivity contribution in [2.24, 2.45) is 0 Å². The third-order valence-corrected chi connectivity index (χ3v) is 9.50. The molecular weight excluding hydrogens is 538 g/mol. The van der Waals surface area contributed by atoms with E-state index in [0.29, 0.717) is 30.3 Å². The van der Waals surface area contributed by atoms with E-state index < -0.39 is 0 Å². The predicted molar refractivity (Wildman–Crippen MR) is 160 cm³/mol.